The third-order valence-electron chi connectivity index (χ3n) is 5.71. The van der Waals surface area contributed by atoms with Crippen LogP contribution in [0.3, 0.4) is 0 Å². The van der Waals surface area contributed by atoms with Crippen molar-refractivity contribution in [3.05, 3.63) is 128 Å². The zero-order chi connectivity index (χ0) is 22.1. The number of phenolic OH excluding ortho intramolecular Hbond substituents is 1. The van der Waals surface area contributed by atoms with Crippen LogP contribution in [0.25, 0.3) is 12.2 Å². The first-order chi connectivity index (χ1) is 15.6. The number of ether oxygens (including phenoxy) is 1. The summed E-state index contributed by atoms with van der Waals surface area (Å²) in [5.41, 5.74) is 5.68. The highest BCUT2D eigenvalue weighted by Gasteiger charge is 2.36. The molecular weight excluding hydrogens is 528 g/mol. The van der Waals surface area contributed by atoms with Crippen molar-refractivity contribution in [1.82, 2.24) is 0 Å². The second kappa shape index (κ2) is 8.97. The summed E-state index contributed by atoms with van der Waals surface area (Å²) >= 11 is 7.02. The van der Waals surface area contributed by atoms with E-state index in [-0.39, 0.29) is 17.8 Å². The van der Waals surface area contributed by atoms with Gasteiger partial charge in [-0.15, -0.1) is 0 Å². The molecule has 4 aromatic carbocycles. The Morgan fingerprint density at radius 1 is 0.656 bits per heavy atom. The average molecular weight is 548 g/mol. The van der Waals surface area contributed by atoms with Crippen LogP contribution in [0, 0.1) is 0 Å². The molecule has 4 aromatic rings. The van der Waals surface area contributed by atoms with E-state index in [0.717, 1.165) is 31.4 Å². The number of benzene rings is 4. The van der Waals surface area contributed by atoms with E-state index in [0.29, 0.717) is 0 Å². The molecule has 1 aliphatic heterocycles. The van der Waals surface area contributed by atoms with Gasteiger partial charge in [-0.3, -0.25) is 0 Å². The molecule has 0 saturated heterocycles. The first-order valence-electron chi connectivity index (χ1n) is 10.4. The van der Waals surface area contributed by atoms with E-state index in [4.69, 9.17) is 4.74 Å². The Balaban J connectivity index is 1.53. The normalized spacial score (nSPS) is 17.3. The number of rotatable bonds is 4. The van der Waals surface area contributed by atoms with Gasteiger partial charge in [0.15, 0.2) is 0 Å². The van der Waals surface area contributed by atoms with Crippen molar-refractivity contribution in [3.8, 4) is 11.5 Å². The second-order valence-corrected chi connectivity index (χ2v) is 9.67. The van der Waals surface area contributed by atoms with Crippen LogP contribution >= 0.6 is 31.9 Å². The molecule has 0 amide bonds. The number of aromatic hydroxyl groups is 1. The van der Waals surface area contributed by atoms with Crippen molar-refractivity contribution in [2.45, 2.75) is 12.0 Å². The van der Waals surface area contributed by atoms with E-state index >= 15 is 0 Å². The minimum Gasteiger partial charge on any atom is -0.508 e. The number of fused-ring (bicyclic) bond motifs is 1. The van der Waals surface area contributed by atoms with Crippen molar-refractivity contribution in [2.24, 2.45) is 0 Å². The van der Waals surface area contributed by atoms with Gasteiger partial charge in [-0.25, -0.2) is 0 Å². The molecule has 0 spiro atoms. The average Bonchev–Trinajstić information content (AvgIpc) is 3.18. The predicted octanol–water partition coefficient (Wildman–Crippen LogP) is 8.35. The zero-order valence-electron chi connectivity index (χ0n) is 17.1. The summed E-state index contributed by atoms with van der Waals surface area (Å²) < 4.78 is 8.56. The highest BCUT2D eigenvalue weighted by Crippen LogP contribution is 2.50. The van der Waals surface area contributed by atoms with Crippen LogP contribution in [0.15, 0.2) is 99.9 Å². The Hall–Kier alpha value is -2.82. The Morgan fingerprint density at radius 3 is 1.91 bits per heavy atom. The summed E-state index contributed by atoms with van der Waals surface area (Å²) in [6, 6.07) is 30.4. The fourth-order valence-corrected chi connectivity index (χ4v) is 4.63. The molecule has 1 N–H and O–H groups in total. The maximum absolute atomic E-state index is 9.73. The molecule has 0 aromatic heterocycles. The molecule has 1 aliphatic rings. The van der Waals surface area contributed by atoms with Crippen LogP contribution in [0.1, 0.15) is 39.8 Å². The molecule has 0 bridgehead atoms. The molecule has 0 radical (unpaired) electrons. The largest absolute Gasteiger partial charge is 0.508 e. The monoisotopic (exact) mass is 546 g/mol. The molecule has 0 unspecified atom stereocenters. The van der Waals surface area contributed by atoms with Crippen molar-refractivity contribution in [3.63, 3.8) is 0 Å². The lowest BCUT2D eigenvalue weighted by atomic mass is 9.84. The standard InChI is InChI=1S/C28H20Br2O2/c29-22-10-3-18(4-11-22)1-2-19-5-16-26-25(17-19)27(20-6-12-23(30)13-7-20)28(32-26)21-8-14-24(31)15-9-21/h1-17,27-28,31H/b2-1+/t27-,28+/m1/s1. The molecule has 2 atom stereocenters. The SMILES string of the molecule is Oc1ccc([C@@H]2Oc3ccc(/C=C/c4ccc(Br)cc4)cc3[C@H]2c2ccc(Br)cc2)cc1. The van der Waals surface area contributed by atoms with Gasteiger partial charge in [-0.1, -0.05) is 86.5 Å². The summed E-state index contributed by atoms with van der Waals surface area (Å²) in [5, 5.41) is 9.73. The van der Waals surface area contributed by atoms with E-state index in [1.54, 1.807) is 12.1 Å². The Morgan fingerprint density at radius 2 is 1.22 bits per heavy atom. The van der Waals surface area contributed by atoms with E-state index < -0.39 is 0 Å². The lowest BCUT2D eigenvalue weighted by Crippen LogP contribution is -2.11. The third kappa shape index (κ3) is 4.38. The minimum absolute atomic E-state index is 0.0590. The van der Waals surface area contributed by atoms with E-state index in [9.17, 15) is 5.11 Å². The lowest BCUT2D eigenvalue weighted by Gasteiger charge is -2.20. The number of halogens is 2. The maximum Gasteiger partial charge on any atom is 0.135 e. The van der Waals surface area contributed by atoms with Gasteiger partial charge in [0.05, 0.1) is 5.92 Å². The first-order valence-corrected chi connectivity index (χ1v) is 11.9. The van der Waals surface area contributed by atoms with Crippen molar-refractivity contribution in [2.75, 3.05) is 0 Å². The van der Waals surface area contributed by atoms with Crippen molar-refractivity contribution in [1.29, 1.82) is 0 Å². The number of hydrogen-bond acceptors (Lipinski definition) is 2. The Kier molecular flexibility index (Phi) is 5.90. The second-order valence-electron chi connectivity index (χ2n) is 7.84. The molecule has 0 saturated carbocycles. The van der Waals surface area contributed by atoms with E-state index in [2.05, 4.69) is 98.6 Å². The molecule has 0 fully saturated rings. The molecule has 2 nitrogen and oxygen atoms in total. The number of hydrogen-bond donors (Lipinski definition) is 1. The summed E-state index contributed by atoms with van der Waals surface area (Å²) in [7, 11) is 0. The molecule has 32 heavy (non-hydrogen) atoms. The molecule has 1 heterocycles. The summed E-state index contributed by atoms with van der Waals surface area (Å²) in [6.45, 7) is 0. The highest BCUT2D eigenvalue weighted by atomic mass is 79.9. The maximum atomic E-state index is 9.73. The summed E-state index contributed by atoms with van der Waals surface area (Å²) in [5.74, 6) is 1.21. The molecule has 5 rings (SSSR count). The van der Waals surface area contributed by atoms with Crippen LogP contribution in [0.2, 0.25) is 0 Å². The highest BCUT2D eigenvalue weighted by molar-refractivity contribution is 9.10. The number of phenols is 1. The van der Waals surface area contributed by atoms with Gasteiger partial charge in [-0.05, 0) is 70.8 Å². The topological polar surface area (TPSA) is 29.5 Å². The van der Waals surface area contributed by atoms with Gasteiger partial charge in [0.25, 0.3) is 0 Å². The summed E-state index contributed by atoms with van der Waals surface area (Å²) in [4.78, 5) is 0. The van der Waals surface area contributed by atoms with Crippen LogP contribution in [0.4, 0.5) is 0 Å². The molecule has 158 valence electrons. The molecule has 0 aliphatic carbocycles. The smallest absolute Gasteiger partial charge is 0.135 e. The fourth-order valence-electron chi connectivity index (χ4n) is 4.10. The van der Waals surface area contributed by atoms with E-state index in [1.807, 2.05) is 24.3 Å². The minimum atomic E-state index is -0.155. The summed E-state index contributed by atoms with van der Waals surface area (Å²) in [6.07, 6.45) is 4.10. The van der Waals surface area contributed by atoms with Crippen LogP contribution in [-0.4, -0.2) is 5.11 Å². The fraction of sp³-hybridized carbons (Fsp3) is 0.0714. The third-order valence-corrected chi connectivity index (χ3v) is 6.77. The van der Waals surface area contributed by atoms with Crippen molar-refractivity contribution < 1.29 is 9.84 Å². The van der Waals surface area contributed by atoms with Gasteiger partial charge < -0.3 is 9.84 Å². The van der Waals surface area contributed by atoms with Crippen LogP contribution in [-0.2, 0) is 0 Å². The molecular formula is C28H20Br2O2. The molecule has 4 heteroatoms. The zero-order valence-corrected chi connectivity index (χ0v) is 20.3. The van der Waals surface area contributed by atoms with Crippen molar-refractivity contribution >= 4 is 44.0 Å². The van der Waals surface area contributed by atoms with Gasteiger partial charge >= 0.3 is 0 Å². The van der Waals surface area contributed by atoms with Crippen LogP contribution in [0.5, 0.6) is 11.5 Å². The van der Waals surface area contributed by atoms with Crippen LogP contribution < -0.4 is 4.74 Å². The predicted molar refractivity (Wildman–Crippen MR) is 137 cm³/mol. The van der Waals surface area contributed by atoms with E-state index in [1.165, 1.54) is 11.1 Å². The van der Waals surface area contributed by atoms with Gasteiger partial charge in [0.2, 0.25) is 0 Å². The first kappa shape index (κ1) is 21.0. The Labute approximate surface area is 204 Å². The lowest BCUT2D eigenvalue weighted by molar-refractivity contribution is 0.222. The van der Waals surface area contributed by atoms with Gasteiger partial charge in [0, 0.05) is 14.5 Å². The quantitative estimate of drug-likeness (QED) is 0.260. The van der Waals surface area contributed by atoms with Gasteiger partial charge in [-0.2, -0.15) is 0 Å². The Bertz CT molecular complexity index is 1260. The van der Waals surface area contributed by atoms with Gasteiger partial charge in [0.1, 0.15) is 17.6 Å².